The summed E-state index contributed by atoms with van der Waals surface area (Å²) in [5.74, 6) is -0.0957. The van der Waals surface area contributed by atoms with Gasteiger partial charge in [0.15, 0.2) is 0 Å². The highest BCUT2D eigenvalue weighted by Crippen LogP contribution is 2.27. The molecule has 0 aliphatic carbocycles. The second-order valence-corrected chi connectivity index (χ2v) is 9.87. The smallest absolute Gasteiger partial charge is 0.259 e. The van der Waals surface area contributed by atoms with Crippen LogP contribution in [-0.4, -0.2) is 65.1 Å². The van der Waals surface area contributed by atoms with Crippen LogP contribution in [-0.2, 0) is 14.8 Å². The molecule has 2 saturated heterocycles. The average molecular weight is 460 g/mol. The third kappa shape index (κ3) is 4.90. The first-order chi connectivity index (χ1) is 15.5. The minimum atomic E-state index is -3.65. The Morgan fingerprint density at radius 1 is 0.969 bits per heavy atom. The number of nitrogens with one attached hydrogen (secondary N) is 1. The molecule has 32 heavy (non-hydrogen) atoms. The van der Waals surface area contributed by atoms with Crippen molar-refractivity contribution in [3.63, 3.8) is 0 Å². The van der Waals surface area contributed by atoms with Crippen molar-refractivity contribution in [3.05, 3.63) is 48.0 Å². The lowest BCUT2D eigenvalue weighted by Crippen LogP contribution is -2.36. The predicted molar refractivity (Wildman–Crippen MR) is 123 cm³/mol. The predicted octanol–water partition coefficient (Wildman–Crippen LogP) is 2.96. The van der Waals surface area contributed by atoms with Gasteiger partial charge >= 0.3 is 0 Å². The normalized spacial score (nSPS) is 17.7. The van der Waals surface area contributed by atoms with E-state index in [0.717, 1.165) is 38.0 Å². The number of carbonyl (C=O) groups is 1. The highest BCUT2D eigenvalue weighted by atomic mass is 32.2. The van der Waals surface area contributed by atoms with E-state index in [4.69, 9.17) is 9.47 Å². The van der Waals surface area contributed by atoms with Crippen molar-refractivity contribution in [2.24, 2.45) is 0 Å². The molecular formula is C23H29N3O5S. The van der Waals surface area contributed by atoms with E-state index in [0.29, 0.717) is 37.7 Å². The van der Waals surface area contributed by atoms with Crippen molar-refractivity contribution >= 4 is 27.3 Å². The Morgan fingerprint density at radius 2 is 1.66 bits per heavy atom. The fourth-order valence-electron chi connectivity index (χ4n) is 4.05. The molecule has 1 amide bonds. The van der Waals surface area contributed by atoms with Gasteiger partial charge in [0.25, 0.3) is 5.91 Å². The Kier molecular flexibility index (Phi) is 6.98. The zero-order valence-electron chi connectivity index (χ0n) is 18.2. The van der Waals surface area contributed by atoms with Crippen molar-refractivity contribution in [1.29, 1.82) is 0 Å². The van der Waals surface area contributed by atoms with Gasteiger partial charge in [-0.1, -0.05) is 6.42 Å². The Morgan fingerprint density at radius 3 is 2.31 bits per heavy atom. The topological polar surface area (TPSA) is 88.2 Å². The van der Waals surface area contributed by atoms with Crippen LogP contribution in [0.25, 0.3) is 0 Å². The van der Waals surface area contributed by atoms with Crippen molar-refractivity contribution in [1.82, 2.24) is 4.31 Å². The van der Waals surface area contributed by atoms with Crippen LogP contribution in [0.4, 0.5) is 11.4 Å². The van der Waals surface area contributed by atoms with E-state index in [-0.39, 0.29) is 10.5 Å². The number of amides is 1. The summed E-state index contributed by atoms with van der Waals surface area (Å²) in [6.07, 6.45) is 2.74. The van der Waals surface area contributed by atoms with Gasteiger partial charge in [-0.05, 0) is 55.3 Å². The number of hydrogen-bond acceptors (Lipinski definition) is 6. The Hall–Kier alpha value is -2.62. The first kappa shape index (κ1) is 22.6. The maximum absolute atomic E-state index is 13.0. The van der Waals surface area contributed by atoms with E-state index >= 15 is 0 Å². The number of piperidine rings is 1. The number of benzene rings is 2. The standard InChI is InChI=1S/C23H29N3O5S/c1-30-22-10-9-20(32(28,29)26-11-3-2-4-12-26)17-21(22)23(27)24-18-5-7-19(8-6-18)25-13-15-31-16-14-25/h5-10,17H,2-4,11-16H2,1H3,(H,24,27). The maximum atomic E-state index is 13.0. The SMILES string of the molecule is COc1ccc(S(=O)(=O)N2CCCCC2)cc1C(=O)Nc1ccc(N2CCOCC2)cc1. The monoisotopic (exact) mass is 459 g/mol. The highest BCUT2D eigenvalue weighted by Gasteiger charge is 2.27. The van der Waals surface area contributed by atoms with Gasteiger partial charge in [0.05, 0.1) is 30.8 Å². The summed E-state index contributed by atoms with van der Waals surface area (Å²) in [7, 11) is -2.19. The van der Waals surface area contributed by atoms with Crippen LogP contribution in [0, 0.1) is 0 Å². The van der Waals surface area contributed by atoms with Gasteiger partial charge in [-0.25, -0.2) is 8.42 Å². The number of rotatable bonds is 6. The molecule has 0 aromatic heterocycles. The number of sulfonamides is 1. The van der Waals surface area contributed by atoms with Gasteiger partial charge in [0.2, 0.25) is 10.0 Å². The Labute approximate surface area is 189 Å². The first-order valence-corrected chi connectivity index (χ1v) is 12.4. The minimum absolute atomic E-state index is 0.105. The molecule has 2 heterocycles. The molecule has 2 aromatic carbocycles. The fraction of sp³-hybridized carbons (Fsp3) is 0.435. The minimum Gasteiger partial charge on any atom is -0.496 e. The molecule has 8 nitrogen and oxygen atoms in total. The van der Waals surface area contributed by atoms with Crippen LogP contribution in [0.3, 0.4) is 0 Å². The quantitative estimate of drug-likeness (QED) is 0.715. The third-order valence-corrected chi connectivity index (χ3v) is 7.76. The van der Waals surface area contributed by atoms with E-state index in [1.165, 1.54) is 29.6 Å². The van der Waals surface area contributed by atoms with E-state index in [2.05, 4.69) is 10.2 Å². The van der Waals surface area contributed by atoms with Crippen LogP contribution >= 0.6 is 0 Å². The molecule has 0 unspecified atom stereocenters. The van der Waals surface area contributed by atoms with Gasteiger partial charge in [-0.3, -0.25) is 4.79 Å². The van der Waals surface area contributed by atoms with E-state index in [1.807, 2.05) is 24.3 Å². The molecule has 172 valence electrons. The van der Waals surface area contributed by atoms with Gasteiger partial charge in [-0.15, -0.1) is 0 Å². The lowest BCUT2D eigenvalue weighted by Gasteiger charge is -2.28. The molecule has 0 atom stereocenters. The summed E-state index contributed by atoms with van der Waals surface area (Å²) in [6.45, 7) is 4.09. The molecule has 1 N–H and O–H groups in total. The number of carbonyl (C=O) groups excluding carboxylic acids is 1. The number of methoxy groups -OCH3 is 1. The zero-order chi connectivity index (χ0) is 22.6. The van der Waals surface area contributed by atoms with Crippen molar-refractivity contribution in [3.8, 4) is 5.75 Å². The molecule has 2 aromatic rings. The van der Waals surface area contributed by atoms with E-state index < -0.39 is 15.9 Å². The number of anilines is 2. The largest absolute Gasteiger partial charge is 0.496 e. The Balaban J connectivity index is 1.53. The summed E-state index contributed by atoms with van der Waals surface area (Å²) in [6, 6.07) is 12.0. The number of ether oxygens (including phenoxy) is 2. The highest BCUT2D eigenvalue weighted by molar-refractivity contribution is 7.89. The zero-order valence-corrected chi connectivity index (χ0v) is 19.1. The van der Waals surface area contributed by atoms with Crippen molar-refractivity contribution < 1.29 is 22.7 Å². The van der Waals surface area contributed by atoms with E-state index in [1.54, 1.807) is 0 Å². The second-order valence-electron chi connectivity index (χ2n) is 7.93. The Bertz CT molecular complexity index is 1040. The molecule has 9 heteroatoms. The molecule has 2 aliphatic rings. The lowest BCUT2D eigenvalue weighted by atomic mass is 10.1. The van der Waals surface area contributed by atoms with Gasteiger partial charge in [0, 0.05) is 37.6 Å². The average Bonchev–Trinajstić information content (AvgIpc) is 2.85. The maximum Gasteiger partial charge on any atom is 0.259 e. The summed E-state index contributed by atoms with van der Waals surface area (Å²) < 4.78 is 38.3. The van der Waals surface area contributed by atoms with Crippen LogP contribution in [0.5, 0.6) is 5.75 Å². The molecule has 2 fully saturated rings. The number of hydrogen-bond donors (Lipinski definition) is 1. The van der Waals surface area contributed by atoms with Crippen molar-refractivity contribution in [2.45, 2.75) is 24.2 Å². The van der Waals surface area contributed by atoms with Crippen LogP contribution in [0.2, 0.25) is 0 Å². The number of nitrogens with zero attached hydrogens (tertiary/aromatic N) is 2. The number of morpholine rings is 1. The van der Waals surface area contributed by atoms with Gasteiger partial charge in [0.1, 0.15) is 5.75 Å². The molecule has 0 radical (unpaired) electrons. The molecule has 2 aliphatic heterocycles. The molecule has 0 saturated carbocycles. The van der Waals surface area contributed by atoms with Crippen LogP contribution < -0.4 is 15.0 Å². The summed E-state index contributed by atoms with van der Waals surface area (Å²) in [5, 5.41) is 2.85. The molecule has 0 bridgehead atoms. The lowest BCUT2D eigenvalue weighted by molar-refractivity contribution is 0.102. The second kappa shape index (κ2) is 9.89. The molecule has 0 spiro atoms. The van der Waals surface area contributed by atoms with Crippen LogP contribution in [0.15, 0.2) is 47.4 Å². The van der Waals surface area contributed by atoms with Gasteiger partial charge < -0.3 is 19.7 Å². The first-order valence-electron chi connectivity index (χ1n) is 10.9. The molecule has 4 rings (SSSR count). The summed E-state index contributed by atoms with van der Waals surface area (Å²) in [5.41, 5.74) is 1.87. The van der Waals surface area contributed by atoms with Crippen molar-refractivity contribution in [2.75, 3.05) is 56.7 Å². The third-order valence-electron chi connectivity index (χ3n) is 5.87. The fourth-order valence-corrected chi connectivity index (χ4v) is 5.60. The van der Waals surface area contributed by atoms with Gasteiger partial charge in [-0.2, -0.15) is 4.31 Å². The molecular weight excluding hydrogens is 430 g/mol. The summed E-state index contributed by atoms with van der Waals surface area (Å²) >= 11 is 0. The van der Waals surface area contributed by atoms with Crippen LogP contribution in [0.1, 0.15) is 29.6 Å². The summed E-state index contributed by atoms with van der Waals surface area (Å²) in [4.78, 5) is 15.3. The van der Waals surface area contributed by atoms with E-state index in [9.17, 15) is 13.2 Å².